The standard InChI is InChI=1S/C19H20ClNO5S/c1-12-9-14(3-5-16(12)20)25-11-19(24)26-10-17(23)18-6-4-15(27-18)7-8-21-13(2)22/h3-6,9H,7-8,10-11H2,1-2H3,(H,21,22). The summed E-state index contributed by atoms with van der Waals surface area (Å²) in [6.07, 6.45) is 0.645. The van der Waals surface area contributed by atoms with Crippen molar-refractivity contribution in [2.24, 2.45) is 0 Å². The van der Waals surface area contributed by atoms with E-state index in [9.17, 15) is 14.4 Å². The number of Topliss-reactive ketones (excluding diaryl/α,β-unsaturated/α-hetero) is 1. The summed E-state index contributed by atoms with van der Waals surface area (Å²) in [7, 11) is 0. The molecule has 1 N–H and O–H groups in total. The maximum absolute atomic E-state index is 12.1. The highest BCUT2D eigenvalue weighted by molar-refractivity contribution is 7.14. The van der Waals surface area contributed by atoms with Gasteiger partial charge in [-0.15, -0.1) is 11.3 Å². The van der Waals surface area contributed by atoms with Crippen LogP contribution >= 0.6 is 22.9 Å². The van der Waals surface area contributed by atoms with Crippen molar-refractivity contribution in [3.05, 3.63) is 50.7 Å². The van der Waals surface area contributed by atoms with Crippen LogP contribution in [0.5, 0.6) is 5.75 Å². The van der Waals surface area contributed by atoms with Crippen LogP contribution in [-0.4, -0.2) is 37.4 Å². The fourth-order valence-electron chi connectivity index (χ4n) is 2.13. The van der Waals surface area contributed by atoms with Gasteiger partial charge in [-0.05, 0) is 49.2 Å². The number of hydrogen-bond acceptors (Lipinski definition) is 6. The summed E-state index contributed by atoms with van der Waals surface area (Å²) in [6.45, 7) is 3.17. The monoisotopic (exact) mass is 409 g/mol. The second-order valence-electron chi connectivity index (χ2n) is 5.78. The molecule has 0 aliphatic rings. The molecule has 0 saturated heterocycles. The van der Waals surface area contributed by atoms with Gasteiger partial charge >= 0.3 is 5.97 Å². The summed E-state index contributed by atoms with van der Waals surface area (Å²) in [5, 5.41) is 3.31. The molecule has 0 spiro atoms. The Balaban J connectivity index is 1.74. The van der Waals surface area contributed by atoms with Gasteiger partial charge in [0, 0.05) is 23.4 Å². The predicted octanol–water partition coefficient (Wildman–Crippen LogP) is 3.19. The summed E-state index contributed by atoms with van der Waals surface area (Å²) in [4.78, 5) is 36.2. The third kappa shape index (κ3) is 7.03. The molecule has 0 unspecified atom stereocenters. The normalized spacial score (nSPS) is 10.3. The summed E-state index contributed by atoms with van der Waals surface area (Å²) in [5.74, 6) is -0.493. The van der Waals surface area contributed by atoms with Crippen LogP contribution in [0.25, 0.3) is 0 Å². The Morgan fingerprint density at radius 2 is 1.93 bits per heavy atom. The van der Waals surface area contributed by atoms with Gasteiger partial charge in [-0.2, -0.15) is 0 Å². The highest BCUT2D eigenvalue weighted by Gasteiger charge is 2.13. The third-order valence-electron chi connectivity index (χ3n) is 3.53. The van der Waals surface area contributed by atoms with Crippen LogP contribution < -0.4 is 10.1 Å². The molecule has 1 aromatic heterocycles. The number of amides is 1. The second kappa shape index (κ2) is 10.1. The van der Waals surface area contributed by atoms with E-state index in [2.05, 4.69) is 5.32 Å². The van der Waals surface area contributed by atoms with E-state index in [-0.39, 0.29) is 24.9 Å². The molecular weight excluding hydrogens is 390 g/mol. The molecule has 0 saturated carbocycles. The number of nitrogens with one attached hydrogen (secondary N) is 1. The lowest BCUT2D eigenvalue weighted by Crippen LogP contribution is -2.22. The number of aryl methyl sites for hydroxylation is 1. The molecule has 0 bridgehead atoms. The summed E-state index contributed by atoms with van der Waals surface area (Å²) < 4.78 is 10.3. The van der Waals surface area contributed by atoms with Gasteiger partial charge in [0.25, 0.3) is 0 Å². The third-order valence-corrected chi connectivity index (χ3v) is 5.14. The van der Waals surface area contributed by atoms with Gasteiger partial charge in [-0.25, -0.2) is 4.79 Å². The van der Waals surface area contributed by atoms with Crippen LogP contribution in [0.4, 0.5) is 0 Å². The number of carbonyl (C=O) groups is 3. The molecule has 6 nitrogen and oxygen atoms in total. The van der Waals surface area contributed by atoms with Crippen molar-refractivity contribution in [1.29, 1.82) is 0 Å². The Labute approximate surface area is 166 Å². The Hall–Kier alpha value is -2.38. The van der Waals surface area contributed by atoms with Gasteiger partial charge in [0.05, 0.1) is 4.88 Å². The van der Waals surface area contributed by atoms with Crippen molar-refractivity contribution >= 4 is 40.6 Å². The molecule has 27 heavy (non-hydrogen) atoms. The fraction of sp³-hybridized carbons (Fsp3) is 0.316. The molecule has 0 atom stereocenters. The number of benzene rings is 1. The van der Waals surface area contributed by atoms with Crippen molar-refractivity contribution in [2.75, 3.05) is 19.8 Å². The zero-order valence-corrected chi connectivity index (χ0v) is 16.6. The number of ether oxygens (including phenoxy) is 2. The van der Waals surface area contributed by atoms with Gasteiger partial charge in [-0.3, -0.25) is 9.59 Å². The molecule has 0 radical (unpaired) electrons. The summed E-state index contributed by atoms with van der Waals surface area (Å²) in [6, 6.07) is 8.57. The van der Waals surface area contributed by atoms with Gasteiger partial charge in [0.1, 0.15) is 5.75 Å². The number of thiophene rings is 1. The van der Waals surface area contributed by atoms with E-state index in [0.717, 1.165) is 10.4 Å². The first-order valence-electron chi connectivity index (χ1n) is 8.26. The van der Waals surface area contributed by atoms with E-state index in [4.69, 9.17) is 21.1 Å². The Bertz CT molecular complexity index is 833. The van der Waals surface area contributed by atoms with Crippen LogP contribution in [-0.2, 0) is 20.7 Å². The molecule has 2 rings (SSSR count). The van der Waals surface area contributed by atoms with Gasteiger partial charge in [-0.1, -0.05) is 11.6 Å². The van der Waals surface area contributed by atoms with Gasteiger partial charge in [0.15, 0.2) is 13.2 Å². The quantitative estimate of drug-likeness (QED) is 0.508. The first-order valence-corrected chi connectivity index (χ1v) is 9.45. The van der Waals surface area contributed by atoms with E-state index in [1.807, 2.05) is 13.0 Å². The van der Waals surface area contributed by atoms with Crippen molar-refractivity contribution in [3.63, 3.8) is 0 Å². The minimum Gasteiger partial charge on any atom is -0.482 e. The van der Waals surface area contributed by atoms with Gasteiger partial charge in [0.2, 0.25) is 11.7 Å². The van der Waals surface area contributed by atoms with Crippen molar-refractivity contribution < 1.29 is 23.9 Å². The van der Waals surface area contributed by atoms with Crippen LogP contribution in [0.3, 0.4) is 0 Å². The molecule has 1 aromatic carbocycles. The highest BCUT2D eigenvalue weighted by atomic mass is 35.5. The lowest BCUT2D eigenvalue weighted by atomic mass is 10.2. The van der Waals surface area contributed by atoms with Crippen molar-refractivity contribution in [2.45, 2.75) is 20.3 Å². The second-order valence-corrected chi connectivity index (χ2v) is 7.36. The molecule has 1 heterocycles. The largest absolute Gasteiger partial charge is 0.482 e. The van der Waals surface area contributed by atoms with Crippen molar-refractivity contribution in [3.8, 4) is 5.75 Å². The zero-order chi connectivity index (χ0) is 19.8. The average Bonchev–Trinajstić information content (AvgIpc) is 3.09. The van der Waals surface area contributed by atoms with E-state index in [0.29, 0.717) is 28.6 Å². The number of ketones is 1. The van der Waals surface area contributed by atoms with Gasteiger partial charge < -0.3 is 14.8 Å². The summed E-state index contributed by atoms with van der Waals surface area (Å²) >= 11 is 7.25. The molecule has 0 aliphatic carbocycles. The molecule has 2 aromatic rings. The molecule has 144 valence electrons. The molecule has 8 heteroatoms. The maximum Gasteiger partial charge on any atom is 0.344 e. The number of carbonyl (C=O) groups excluding carboxylic acids is 3. The van der Waals surface area contributed by atoms with Crippen LogP contribution in [0.1, 0.15) is 27.0 Å². The van der Waals surface area contributed by atoms with Crippen LogP contribution in [0, 0.1) is 6.92 Å². The molecule has 0 aliphatic heterocycles. The number of esters is 1. The van der Waals surface area contributed by atoms with E-state index >= 15 is 0 Å². The van der Waals surface area contributed by atoms with E-state index in [1.165, 1.54) is 18.3 Å². The SMILES string of the molecule is CC(=O)NCCc1ccc(C(=O)COC(=O)COc2ccc(Cl)c(C)c2)s1. The predicted molar refractivity (Wildman–Crippen MR) is 104 cm³/mol. The minimum absolute atomic E-state index is 0.0919. The number of hydrogen-bond donors (Lipinski definition) is 1. The van der Waals surface area contributed by atoms with Crippen LogP contribution in [0.15, 0.2) is 30.3 Å². The topological polar surface area (TPSA) is 81.7 Å². The fourth-order valence-corrected chi connectivity index (χ4v) is 3.18. The molecular formula is C19H20ClNO5S. The van der Waals surface area contributed by atoms with Crippen LogP contribution in [0.2, 0.25) is 5.02 Å². The lowest BCUT2D eigenvalue weighted by molar-refractivity contribution is -0.144. The zero-order valence-electron chi connectivity index (χ0n) is 15.0. The van der Waals surface area contributed by atoms with E-state index in [1.54, 1.807) is 24.3 Å². The molecule has 1 amide bonds. The average molecular weight is 410 g/mol. The minimum atomic E-state index is -0.626. The van der Waals surface area contributed by atoms with Crippen molar-refractivity contribution in [1.82, 2.24) is 5.32 Å². The Kier molecular flexibility index (Phi) is 7.82. The lowest BCUT2D eigenvalue weighted by Gasteiger charge is -2.07. The van der Waals surface area contributed by atoms with E-state index < -0.39 is 5.97 Å². The maximum atomic E-state index is 12.1. The summed E-state index contributed by atoms with van der Waals surface area (Å²) in [5.41, 5.74) is 0.838. The first-order chi connectivity index (χ1) is 12.8. The number of rotatable bonds is 9. The first kappa shape index (κ1) is 20.9. The number of halogens is 1. The molecule has 0 fully saturated rings. The highest BCUT2D eigenvalue weighted by Crippen LogP contribution is 2.21. The Morgan fingerprint density at radius 1 is 1.15 bits per heavy atom. The Morgan fingerprint density at radius 3 is 2.63 bits per heavy atom. The smallest absolute Gasteiger partial charge is 0.344 e.